The van der Waals surface area contributed by atoms with Crippen LogP contribution in [0.1, 0.15) is 51.4 Å². The molecule has 2 unspecified atom stereocenters. The van der Waals surface area contributed by atoms with Crippen LogP contribution in [0.25, 0.3) is 0 Å². The van der Waals surface area contributed by atoms with E-state index >= 15 is 0 Å². The van der Waals surface area contributed by atoms with Crippen LogP contribution in [0.3, 0.4) is 0 Å². The van der Waals surface area contributed by atoms with E-state index in [1.54, 1.807) is 0 Å². The summed E-state index contributed by atoms with van der Waals surface area (Å²) in [6.07, 6.45) is 10.9. The molecule has 5 rings (SSSR count). The molecule has 30 heavy (non-hydrogen) atoms. The van der Waals surface area contributed by atoms with Gasteiger partial charge in [-0.1, -0.05) is 12.8 Å². The van der Waals surface area contributed by atoms with Gasteiger partial charge in [-0.3, -0.25) is 14.7 Å². The van der Waals surface area contributed by atoms with Gasteiger partial charge in [0.2, 0.25) is 0 Å². The number of nitrogens with zero attached hydrogens (tertiary/aromatic N) is 5. The maximum absolute atomic E-state index is 5.79. The number of rotatable bonds is 4. The van der Waals surface area contributed by atoms with E-state index in [0.717, 1.165) is 39.4 Å². The molecule has 0 aromatic heterocycles. The summed E-state index contributed by atoms with van der Waals surface area (Å²) in [6, 6.07) is 0.613. The highest BCUT2D eigenvalue weighted by Gasteiger charge is 2.57. The molecule has 0 aliphatic carbocycles. The molecule has 5 aliphatic rings. The highest BCUT2D eigenvalue weighted by atomic mass is 16.5. The maximum atomic E-state index is 5.79. The summed E-state index contributed by atoms with van der Waals surface area (Å²) in [5, 5.41) is 9.24. The van der Waals surface area contributed by atoms with Crippen molar-refractivity contribution in [1.29, 1.82) is 0 Å². The fourth-order valence-corrected chi connectivity index (χ4v) is 6.92. The predicted molar refractivity (Wildman–Crippen MR) is 120 cm³/mol. The van der Waals surface area contributed by atoms with Crippen LogP contribution in [0.15, 0.2) is 0 Å². The van der Waals surface area contributed by atoms with Crippen molar-refractivity contribution in [2.45, 2.75) is 63.2 Å². The largest absolute Gasteiger partial charge is 0.379 e. The van der Waals surface area contributed by atoms with Gasteiger partial charge in [-0.05, 0) is 51.6 Å². The van der Waals surface area contributed by atoms with Crippen molar-refractivity contribution in [2.75, 3.05) is 85.2 Å². The van der Waals surface area contributed by atoms with E-state index in [1.807, 2.05) is 0 Å². The smallest absolute Gasteiger partial charge is 0.160 e. The average molecular weight is 421 g/mol. The third-order valence-electron chi connectivity index (χ3n) is 8.24. The van der Waals surface area contributed by atoms with E-state index in [1.165, 1.54) is 97.2 Å². The number of likely N-dealkylation sites (tertiary alicyclic amines) is 2. The van der Waals surface area contributed by atoms with Crippen LogP contribution < -0.4 is 5.32 Å². The highest BCUT2D eigenvalue weighted by Crippen LogP contribution is 2.41. The fraction of sp³-hybridized carbons (Fsp3) is 1.00. The van der Waals surface area contributed by atoms with Crippen molar-refractivity contribution >= 4 is 0 Å². The van der Waals surface area contributed by atoms with Crippen LogP contribution in [-0.2, 0) is 4.74 Å². The number of ether oxygens (including phenoxy) is 1. The molecule has 5 heterocycles. The third kappa shape index (κ3) is 4.07. The molecular formula is C23H44N6O. The Morgan fingerprint density at radius 1 is 0.633 bits per heavy atom. The molecule has 5 aliphatic heterocycles. The van der Waals surface area contributed by atoms with Crippen LogP contribution >= 0.6 is 0 Å². The zero-order chi connectivity index (χ0) is 20.2. The van der Waals surface area contributed by atoms with E-state index in [0.29, 0.717) is 6.04 Å². The van der Waals surface area contributed by atoms with Gasteiger partial charge in [0.05, 0.1) is 19.3 Å². The van der Waals surface area contributed by atoms with Gasteiger partial charge in [0.1, 0.15) is 0 Å². The Labute approximate surface area is 183 Å². The normalized spacial score (nSPS) is 37.4. The molecule has 172 valence electrons. The lowest BCUT2D eigenvalue weighted by molar-refractivity contribution is -0.285. The molecule has 0 aromatic rings. The van der Waals surface area contributed by atoms with E-state index in [9.17, 15) is 0 Å². The van der Waals surface area contributed by atoms with E-state index in [4.69, 9.17) is 4.74 Å². The molecule has 0 aromatic carbocycles. The molecule has 5 saturated heterocycles. The maximum Gasteiger partial charge on any atom is 0.160 e. The standard InChI is InChI=1S/C23H44N6O/c1-3-13-26(14-4-1)23(27-16-9-24-10-17-27)22(25-11-6-7-12-25)8-2-5-15-29(23)28-18-20-30-21-19-28/h22,24H,1-21H2. The average Bonchev–Trinajstić information content (AvgIpc) is 3.28. The molecule has 1 N–H and O–H groups in total. The second kappa shape index (κ2) is 10.1. The lowest BCUT2D eigenvalue weighted by Gasteiger charge is -2.64. The van der Waals surface area contributed by atoms with Gasteiger partial charge in [-0.2, -0.15) is 0 Å². The molecule has 5 fully saturated rings. The number of morpholine rings is 1. The van der Waals surface area contributed by atoms with E-state index < -0.39 is 0 Å². The summed E-state index contributed by atoms with van der Waals surface area (Å²) in [5.41, 5.74) is 0. The molecule has 7 nitrogen and oxygen atoms in total. The third-order valence-corrected chi connectivity index (χ3v) is 8.24. The Balaban J connectivity index is 1.59. The zero-order valence-corrected chi connectivity index (χ0v) is 19.1. The number of piperazine rings is 1. The van der Waals surface area contributed by atoms with Crippen molar-refractivity contribution in [3.63, 3.8) is 0 Å². The number of hydrogen-bond acceptors (Lipinski definition) is 7. The van der Waals surface area contributed by atoms with Gasteiger partial charge < -0.3 is 10.1 Å². The quantitative estimate of drug-likeness (QED) is 0.733. The molecule has 0 amide bonds. The summed E-state index contributed by atoms with van der Waals surface area (Å²) < 4.78 is 5.79. The first kappa shape index (κ1) is 21.6. The first-order chi connectivity index (χ1) is 14.9. The van der Waals surface area contributed by atoms with Crippen LogP contribution in [0.4, 0.5) is 0 Å². The lowest BCUT2D eigenvalue weighted by atomic mass is 9.95. The summed E-state index contributed by atoms with van der Waals surface area (Å²) in [5.74, 6) is 0.0146. The van der Waals surface area contributed by atoms with E-state index in [-0.39, 0.29) is 5.79 Å². The Kier molecular flexibility index (Phi) is 7.27. The molecule has 2 atom stereocenters. The van der Waals surface area contributed by atoms with Gasteiger partial charge >= 0.3 is 0 Å². The second-order valence-corrected chi connectivity index (χ2v) is 9.92. The summed E-state index contributed by atoms with van der Waals surface area (Å²) >= 11 is 0. The number of hydrazine groups is 1. The molecule has 0 bridgehead atoms. The minimum absolute atomic E-state index is 0.0146. The fourth-order valence-electron chi connectivity index (χ4n) is 6.92. The molecule has 7 heteroatoms. The number of nitrogens with one attached hydrogen (secondary N) is 1. The molecule has 0 radical (unpaired) electrons. The van der Waals surface area contributed by atoms with Crippen LogP contribution in [0.5, 0.6) is 0 Å². The first-order valence-electron chi connectivity index (χ1n) is 13.0. The second-order valence-electron chi connectivity index (χ2n) is 9.92. The van der Waals surface area contributed by atoms with Crippen molar-refractivity contribution in [2.24, 2.45) is 0 Å². The predicted octanol–water partition coefficient (Wildman–Crippen LogP) is 1.23. The Morgan fingerprint density at radius 2 is 1.27 bits per heavy atom. The van der Waals surface area contributed by atoms with Gasteiger partial charge in [0.25, 0.3) is 0 Å². The minimum atomic E-state index is 0.0146. The van der Waals surface area contributed by atoms with Crippen molar-refractivity contribution in [3.8, 4) is 0 Å². The van der Waals surface area contributed by atoms with Crippen molar-refractivity contribution < 1.29 is 4.74 Å². The van der Waals surface area contributed by atoms with Crippen LogP contribution in [0, 0.1) is 0 Å². The highest BCUT2D eigenvalue weighted by molar-refractivity contribution is 5.04. The first-order valence-corrected chi connectivity index (χ1v) is 13.0. The Morgan fingerprint density at radius 3 is 2.00 bits per heavy atom. The van der Waals surface area contributed by atoms with Crippen molar-refractivity contribution in [1.82, 2.24) is 30.0 Å². The zero-order valence-electron chi connectivity index (χ0n) is 19.1. The minimum Gasteiger partial charge on any atom is -0.379 e. The summed E-state index contributed by atoms with van der Waals surface area (Å²) in [4.78, 5) is 8.76. The summed E-state index contributed by atoms with van der Waals surface area (Å²) in [7, 11) is 0. The van der Waals surface area contributed by atoms with E-state index in [2.05, 4.69) is 30.0 Å². The molecule has 0 spiro atoms. The molecule has 0 saturated carbocycles. The Bertz CT molecular complexity index is 506. The monoisotopic (exact) mass is 420 g/mol. The lowest BCUT2D eigenvalue weighted by Crippen LogP contribution is -2.82. The number of piperidine rings is 1. The SMILES string of the molecule is C1CCN(C2(N3CCNCC3)C(N3CCCC3)CCCCN2N2CCOCC2)CC1. The van der Waals surface area contributed by atoms with Gasteiger partial charge in [-0.25, -0.2) is 10.0 Å². The van der Waals surface area contributed by atoms with Crippen LogP contribution in [-0.4, -0.2) is 122 Å². The Hall–Kier alpha value is -0.280. The van der Waals surface area contributed by atoms with Crippen molar-refractivity contribution in [3.05, 3.63) is 0 Å². The van der Waals surface area contributed by atoms with Gasteiger partial charge in [0, 0.05) is 58.9 Å². The topological polar surface area (TPSA) is 37.5 Å². The number of hydrogen-bond donors (Lipinski definition) is 1. The summed E-state index contributed by atoms with van der Waals surface area (Å²) in [6.45, 7) is 14.7. The van der Waals surface area contributed by atoms with Gasteiger partial charge in [-0.15, -0.1) is 0 Å². The molecular weight excluding hydrogens is 376 g/mol. The van der Waals surface area contributed by atoms with Gasteiger partial charge in [0.15, 0.2) is 5.79 Å². The van der Waals surface area contributed by atoms with Crippen LogP contribution in [0.2, 0.25) is 0 Å².